The first-order chi connectivity index (χ1) is 16.5. The van der Waals surface area contributed by atoms with Crippen LogP contribution in [0.2, 0.25) is 0 Å². The van der Waals surface area contributed by atoms with Crippen molar-refractivity contribution in [3.63, 3.8) is 0 Å². The molecule has 2 aromatic carbocycles. The number of amides is 1. The monoisotopic (exact) mass is 481 g/mol. The van der Waals surface area contributed by atoms with Gasteiger partial charge in [-0.3, -0.25) is 4.79 Å². The standard InChI is InChI=1S/C27H35N3O3S/c1-28(24-14-12-21-10-4-5-11-23(21)24)27(31)22-13-15-25(29-16-6-2-7-17-29)26(20-22)34(32,33)30-18-8-3-9-19-30/h4-5,10-11,13,15,20,24H,2-3,6-9,12,14,16-19H2,1H3. The molecular weight excluding hydrogens is 446 g/mol. The lowest BCUT2D eigenvalue weighted by Gasteiger charge is -2.33. The number of carbonyl (C=O) groups is 1. The van der Waals surface area contributed by atoms with Gasteiger partial charge in [-0.15, -0.1) is 0 Å². The zero-order valence-electron chi connectivity index (χ0n) is 20.1. The van der Waals surface area contributed by atoms with Gasteiger partial charge in [0.1, 0.15) is 4.90 Å². The molecule has 0 radical (unpaired) electrons. The Morgan fingerprint density at radius 1 is 0.912 bits per heavy atom. The van der Waals surface area contributed by atoms with Crippen molar-refractivity contribution in [1.82, 2.24) is 9.21 Å². The number of piperidine rings is 2. The highest BCUT2D eigenvalue weighted by Gasteiger charge is 2.33. The minimum absolute atomic E-state index is 0.0209. The van der Waals surface area contributed by atoms with Crippen LogP contribution < -0.4 is 4.90 Å². The van der Waals surface area contributed by atoms with E-state index in [4.69, 9.17) is 0 Å². The van der Waals surface area contributed by atoms with Crippen LogP contribution in [0.1, 0.15) is 72.5 Å². The van der Waals surface area contributed by atoms with E-state index in [0.717, 1.165) is 63.7 Å². The van der Waals surface area contributed by atoms with Gasteiger partial charge in [-0.1, -0.05) is 30.7 Å². The molecule has 2 fully saturated rings. The maximum Gasteiger partial charge on any atom is 0.254 e. The van der Waals surface area contributed by atoms with Crippen molar-refractivity contribution >= 4 is 21.6 Å². The van der Waals surface area contributed by atoms with E-state index in [0.29, 0.717) is 23.5 Å². The number of rotatable bonds is 5. The topological polar surface area (TPSA) is 60.9 Å². The lowest BCUT2D eigenvalue weighted by molar-refractivity contribution is 0.0730. The number of carbonyl (C=O) groups excluding carboxylic acids is 1. The van der Waals surface area contributed by atoms with E-state index >= 15 is 0 Å². The van der Waals surface area contributed by atoms with Crippen molar-refractivity contribution in [2.24, 2.45) is 0 Å². The number of benzene rings is 2. The summed E-state index contributed by atoms with van der Waals surface area (Å²) < 4.78 is 29.2. The van der Waals surface area contributed by atoms with Crippen molar-refractivity contribution in [1.29, 1.82) is 0 Å². The van der Waals surface area contributed by atoms with Gasteiger partial charge in [0.05, 0.1) is 11.7 Å². The molecule has 1 atom stereocenters. The van der Waals surface area contributed by atoms with Crippen molar-refractivity contribution in [3.8, 4) is 0 Å². The maximum absolute atomic E-state index is 13.8. The summed E-state index contributed by atoms with van der Waals surface area (Å²) in [5.74, 6) is -0.123. The average molecular weight is 482 g/mol. The highest BCUT2D eigenvalue weighted by atomic mass is 32.2. The maximum atomic E-state index is 13.8. The number of fused-ring (bicyclic) bond motifs is 1. The minimum atomic E-state index is -3.67. The van der Waals surface area contributed by atoms with Crippen LogP contribution >= 0.6 is 0 Å². The van der Waals surface area contributed by atoms with Gasteiger partial charge in [-0.25, -0.2) is 8.42 Å². The zero-order chi connectivity index (χ0) is 23.7. The third-order valence-electron chi connectivity index (χ3n) is 7.73. The molecule has 3 aliphatic rings. The molecule has 2 saturated heterocycles. The van der Waals surface area contributed by atoms with E-state index in [2.05, 4.69) is 17.0 Å². The fourth-order valence-corrected chi connectivity index (χ4v) is 7.53. The number of anilines is 1. The molecule has 6 nitrogen and oxygen atoms in total. The van der Waals surface area contributed by atoms with Crippen LogP contribution in [0.15, 0.2) is 47.4 Å². The Labute approximate surface area is 203 Å². The van der Waals surface area contributed by atoms with Gasteiger partial charge in [0.15, 0.2) is 0 Å². The first-order valence-corrected chi connectivity index (χ1v) is 14.1. The molecule has 1 unspecified atom stereocenters. The van der Waals surface area contributed by atoms with Crippen molar-refractivity contribution in [2.45, 2.75) is 62.3 Å². The fraction of sp³-hybridized carbons (Fsp3) is 0.519. The Bertz CT molecular complexity index is 1150. The Hall–Kier alpha value is -2.38. The zero-order valence-corrected chi connectivity index (χ0v) is 20.9. The highest BCUT2D eigenvalue weighted by Crippen LogP contribution is 2.37. The van der Waals surface area contributed by atoms with Gasteiger partial charge in [-0.05, 0) is 74.3 Å². The predicted octanol–water partition coefficient (Wildman–Crippen LogP) is 4.61. The van der Waals surface area contributed by atoms with Crippen LogP contribution in [0.3, 0.4) is 0 Å². The van der Waals surface area contributed by atoms with Crippen molar-refractivity contribution in [2.75, 3.05) is 38.1 Å². The summed E-state index contributed by atoms with van der Waals surface area (Å²) in [6.45, 7) is 2.82. The van der Waals surface area contributed by atoms with Crippen LogP contribution in [0, 0.1) is 0 Å². The molecule has 2 heterocycles. The molecule has 0 saturated carbocycles. The quantitative estimate of drug-likeness (QED) is 0.626. The Kier molecular flexibility index (Phi) is 6.67. The number of aryl methyl sites for hydroxylation is 1. The molecule has 182 valence electrons. The molecule has 0 spiro atoms. The Morgan fingerprint density at radius 3 is 2.32 bits per heavy atom. The van der Waals surface area contributed by atoms with Crippen LogP contribution in [0.4, 0.5) is 5.69 Å². The summed E-state index contributed by atoms with van der Waals surface area (Å²) in [4.78, 5) is 17.9. The Balaban J connectivity index is 1.50. The number of hydrogen-bond acceptors (Lipinski definition) is 4. The van der Waals surface area contributed by atoms with Crippen LogP contribution in [-0.2, 0) is 16.4 Å². The van der Waals surface area contributed by atoms with E-state index in [1.807, 2.05) is 31.3 Å². The number of hydrogen-bond donors (Lipinski definition) is 0. The summed E-state index contributed by atoms with van der Waals surface area (Å²) in [6, 6.07) is 13.6. The summed E-state index contributed by atoms with van der Waals surface area (Å²) in [5, 5.41) is 0. The summed E-state index contributed by atoms with van der Waals surface area (Å²) in [5.41, 5.74) is 3.68. The highest BCUT2D eigenvalue weighted by molar-refractivity contribution is 7.89. The normalized spacial score (nSPS) is 21.3. The Morgan fingerprint density at radius 2 is 1.59 bits per heavy atom. The molecule has 7 heteroatoms. The molecule has 2 aromatic rings. The number of sulfonamides is 1. The van der Waals surface area contributed by atoms with Gasteiger partial charge in [0.25, 0.3) is 5.91 Å². The summed E-state index contributed by atoms with van der Waals surface area (Å²) in [6.07, 6.45) is 8.00. The summed E-state index contributed by atoms with van der Waals surface area (Å²) in [7, 11) is -1.83. The molecule has 5 rings (SSSR count). The van der Waals surface area contributed by atoms with Gasteiger partial charge < -0.3 is 9.80 Å². The molecule has 0 bridgehead atoms. The molecular formula is C27H35N3O3S. The second-order valence-corrected chi connectivity index (χ2v) is 11.8. The second-order valence-electron chi connectivity index (χ2n) is 9.86. The van der Waals surface area contributed by atoms with E-state index in [1.54, 1.807) is 15.3 Å². The second kappa shape index (κ2) is 9.70. The van der Waals surface area contributed by atoms with E-state index in [-0.39, 0.29) is 11.9 Å². The van der Waals surface area contributed by atoms with E-state index in [1.165, 1.54) is 17.5 Å². The van der Waals surface area contributed by atoms with E-state index < -0.39 is 10.0 Å². The lowest BCUT2D eigenvalue weighted by Crippen LogP contribution is -2.38. The molecule has 1 amide bonds. The first kappa shape index (κ1) is 23.4. The van der Waals surface area contributed by atoms with Crippen molar-refractivity contribution in [3.05, 3.63) is 59.2 Å². The molecule has 34 heavy (non-hydrogen) atoms. The van der Waals surface area contributed by atoms with Crippen LogP contribution in [0.5, 0.6) is 0 Å². The van der Waals surface area contributed by atoms with Gasteiger partial charge >= 0.3 is 0 Å². The van der Waals surface area contributed by atoms with Crippen LogP contribution in [0.25, 0.3) is 0 Å². The van der Waals surface area contributed by atoms with Crippen molar-refractivity contribution < 1.29 is 13.2 Å². The third kappa shape index (κ3) is 4.36. The molecule has 0 N–H and O–H groups in total. The average Bonchev–Trinajstić information content (AvgIpc) is 3.33. The van der Waals surface area contributed by atoms with Gasteiger partial charge in [0, 0.05) is 38.8 Å². The largest absolute Gasteiger partial charge is 0.370 e. The third-order valence-corrected chi connectivity index (χ3v) is 9.65. The van der Waals surface area contributed by atoms with Gasteiger partial charge in [0.2, 0.25) is 10.0 Å². The van der Waals surface area contributed by atoms with E-state index in [9.17, 15) is 13.2 Å². The van der Waals surface area contributed by atoms with Crippen LogP contribution in [-0.4, -0.2) is 56.8 Å². The first-order valence-electron chi connectivity index (χ1n) is 12.7. The molecule has 2 aliphatic heterocycles. The summed E-state index contributed by atoms with van der Waals surface area (Å²) >= 11 is 0. The minimum Gasteiger partial charge on any atom is -0.370 e. The fourth-order valence-electron chi connectivity index (χ4n) is 5.78. The number of nitrogens with zero attached hydrogens (tertiary/aromatic N) is 3. The lowest BCUT2D eigenvalue weighted by atomic mass is 10.1. The molecule has 1 aliphatic carbocycles. The smallest absolute Gasteiger partial charge is 0.254 e. The predicted molar refractivity (Wildman–Crippen MR) is 135 cm³/mol. The molecule has 0 aromatic heterocycles. The SMILES string of the molecule is CN(C(=O)c1ccc(N2CCCCC2)c(S(=O)(=O)N2CCCCC2)c1)C1CCc2ccccc21. The van der Waals surface area contributed by atoms with Gasteiger partial charge in [-0.2, -0.15) is 4.31 Å².